The predicted molar refractivity (Wildman–Crippen MR) is 77.5 cm³/mol. The fourth-order valence-corrected chi connectivity index (χ4v) is 3.81. The van der Waals surface area contributed by atoms with Crippen molar-refractivity contribution in [2.45, 2.75) is 45.4 Å². The van der Waals surface area contributed by atoms with Gasteiger partial charge in [-0.1, -0.05) is 18.9 Å². The maximum Gasteiger partial charge on any atom is 0.159 e. The maximum absolute atomic E-state index is 4.26. The molecule has 1 aromatic carbocycles. The minimum absolute atomic E-state index is 0.502. The van der Waals surface area contributed by atoms with Gasteiger partial charge in [-0.3, -0.25) is 0 Å². The number of aromatic nitrogens is 4. The van der Waals surface area contributed by atoms with Gasteiger partial charge in [0.25, 0.3) is 0 Å². The second-order valence-electron chi connectivity index (χ2n) is 5.34. The van der Waals surface area contributed by atoms with E-state index in [4.69, 9.17) is 0 Å². The van der Waals surface area contributed by atoms with E-state index in [1.54, 1.807) is 0 Å². The van der Waals surface area contributed by atoms with E-state index < -0.39 is 0 Å². The molecule has 3 rings (SSSR count). The lowest BCUT2D eigenvalue weighted by Gasteiger charge is -2.14. The number of benzene rings is 1. The summed E-state index contributed by atoms with van der Waals surface area (Å²) in [5, 5.41) is 12.4. The second kappa shape index (κ2) is 5.04. The minimum Gasteiger partial charge on any atom is -0.196 e. The largest absolute Gasteiger partial charge is 0.196 e. The number of rotatable bonds is 2. The summed E-state index contributed by atoms with van der Waals surface area (Å²) >= 11 is 3.65. The molecule has 100 valence electrons. The van der Waals surface area contributed by atoms with Crippen molar-refractivity contribution in [2.24, 2.45) is 0 Å². The molecule has 0 spiro atoms. The first-order valence-electron chi connectivity index (χ1n) is 6.72. The van der Waals surface area contributed by atoms with Gasteiger partial charge in [0.15, 0.2) is 5.82 Å². The Hall–Kier alpha value is -1.23. The van der Waals surface area contributed by atoms with Gasteiger partial charge in [0.05, 0.1) is 5.69 Å². The molecule has 4 nitrogen and oxygen atoms in total. The molecule has 0 radical (unpaired) electrons. The molecule has 0 amide bonds. The smallest absolute Gasteiger partial charge is 0.159 e. The molecular weight excluding hydrogens is 304 g/mol. The summed E-state index contributed by atoms with van der Waals surface area (Å²) in [6, 6.07) is 4.28. The Balaban J connectivity index is 2.10. The minimum atomic E-state index is 0.502. The lowest BCUT2D eigenvalue weighted by molar-refractivity contribution is 0.634. The number of halogens is 1. The third-order valence-corrected chi connectivity index (χ3v) is 4.43. The fourth-order valence-electron chi connectivity index (χ4n) is 2.97. The van der Waals surface area contributed by atoms with Crippen molar-refractivity contribution in [2.75, 3.05) is 0 Å². The number of aryl methyl sites for hydroxylation is 2. The highest BCUT2D eigenvalue weighted by molar-refractivity contribution is 9.10. The zero-order valence-electron chi connectivity index (χ0n) is 11.2. The summed E-state index contributed by atoms with van der Waals surface area (Å²) < 4.78 is 2.96. The second-order valence-corrected chi connectivity index (χ2v) is 6.20. The van der Waals surface area contributed by atoms with E-state index in [2.05, 4.69) is 57.4 Å². The van der Waals surface area contributed by atoms with Crippen LogP contribution in [0.3, 0.4) is 0 Å². The molecule has 0 bridgehead atoms. The van der Waals surface area contributed by atoms with Crippen LogP contribution < -0.4 is 0 Å². The predicted octanol–water partition coefficient (Wildman–Crippen LogP) is 3.70. The van der Waals surface area contributed by atoms with Gasteiger partial charge in [-0.2, -0.15) is 4.68 Å². The van der Waals surface area contributed by atoms with Crippen molar-refractivity contribution in [1.29, 1.82) is 0 Å². The Bertz CT molecular complexity index is 576. The Kier molecular flexibility index (Phi) is 3.39. The van der Waals surface area contributed by atoms with Crippen LogP contribution in [0.5, 0.6) is 0 Å². The van der Waals surface area contributed by atoms with Gasteiger partial charge in [0.1, 0.15) is 0 Å². The first-order valence-corrected chi connectivity index (χ1v) is 7.51. The molecule has 1 aromatic heterocycles. The van der Waals surface area contributed by atoms with Crippen LogP contribution >= 0.6 is 15.9 Å². The fraction of sp³-hybridized carbons (Fsp3) is 0.500. The van der Waals surface area contributed by atoms with Crippen LogP contribution in [0.2, 0.25) is 0 Å². The molecule has 1 saturated carbocycles. The first-order chi connectivity index (χ1) is 9.16. The Morgan fingerprint density at radius 3 is 2.63 bits per heavy atom. The van der Waals surface area contributed by atoms with Crippen molar-refractivity contribution in [3.05, 3.63) is 33.6 Å². The highest BCUT2D eigenvalue weighted by atomic mass is 79.9. The van der Waals surface area contributed by atoms with Gasteiger partial charge in [-0.15, -0.1) is 5.10 Å². The quantitative estimate of drug-likeness (QED) is 0.847. The topological polar surface area (TPSA) is 43.6 Å². The van der Waals surface area contributed by atoms with E-state index in [9.17, 15) is 0 Å². The summed E-state index contributed by atoms with van der Waals surface area (Å²) in [6.07, 6.45) is 4.96. The Morgan fingerprint density at radius 1 is 1.21 bits per heavy atom. The molecule has 1 aliphatic rings. The third kappa shape index (κ3) is 2.31. The molecule has 5 heteroatoms. The van der Waals surface area contributed by atoms with Crippen molar-refractivity contribution < 1.29 is 0 Å². The zero-order valence-corrected chi connectivity index (χ0v) is 12.8. The highest BCUT2D eigenvalue weighted by Gasteiger charge is 2.25. The monoisotopic (exact) mass is 320 g/mol. The van der Waals surface area contributed by atoms with E-state index in [-0.39, 0.29) is 0 Å². The van der Waals surface area contributed by atoms with Crippen LogP contribution in [-0.4, -0.2) is 20.2 Å². The molecule has 1 fully saturated rings. The van der Waals surface area contributed by atoms with Crippen molar-refractivity contribution in [1.82, 2.24) is 20.2 Å². The summed E-state index contributed by atoms with van der Waals surface area (Å²) in [5.41, 5.74) is 3.50. The Morgan fingerprint density at radius 2 is 1.95 bits per heavy atom. The molecule has 0 N–H and O–H groups in total. The zero-order chi connectivity index (χ0) is 13.4. The van der Waals surface area contributed by atoms with Gasteiger partial charge in [-0.05, 0) is 70.2 Å². The van der Waals surface area contributed by atoms with Crippen LogP contribution in [0.4, 0.5) is 0 Å². The van der Waals surface area contributed by atoms with Gasteiger partial charge in [0.2, 0.25) is 0 Å². The summed E-state index contributed by atoms with van der Waals surface area (Å²) in [5.74, 6) is 1.51. The third-order valence-electron chi connectivity index (χ3n) is 3.82. The number of hydrogen-bond acceptors (Lipinski definition) is 3. The van der Waals surface area contributed by atoms with Gasteiger partial charge >= 0.3 is 0 Å². The normalized spacial score (nSPS) is 16.2. The lowest BCUT2D eigenvalue weighted by atomic mass is 10.1. The molecule has 19 heavy (non-hydrogen) atoms. The Labute approximate surface area is 121 Å². The van der Waals surface area contributed by atoms with Crippen LogP contribution in [0.15, 0.2) is 16.6 Å². The molecular formula is C14H17BrN4. The summed E-state index contributed by atoms with van der Waals surface area (Å²) in [6.45, 7) is 4.20. The molecule has 0 unspecified atom stereocenters. The maximum atomic E-state index is 4.26. The average Bonchev–Trinajstić information content (AvgIpc) is 2.96. The number of hydrogen-bond donors (Lipinski definition) is 0. The van der Waals surface area contributed by atoms with Crippen molar-refractivity contribution in [3.63, 3.8) is 0 Å². The van der Waals surface area contributed by atoms with Crippen LogP contribution in [0.1, 0.15) is 48.6 Å². The highest BCUT2D eigenvalue weighted by Crippen LogP contribution is 2.35. The molecule has 2 aromatic rings. The van der Waals surface area contributed by atoms with E-state index in [1.807, 2.05) is 4.68 Å². The molecule has 0 atom stereocenters. The van der Waals surface area contributed by atoms with Crippen LogP contribution in [0, 0.1) is 13.8 Å². The summed E-state index contributed by atoms with van der Waals surface area (Å²) in [7, 11) is 0. The van der Waals surface area contributed by atoms with E-state index in [1.165, 1.54) is 36.8 Å². The number of tetrazole rings is 1. The van der Waals surface area contributed by atoms with Crippen molar-refractivity contribution >= 4 is 15.9 Å². The molecule has 1 aliphatic carbocycles. The average molecular weight is 321 g/mol. The lowest BCUT2D eigenvalue weighted by Crippen LogP contribution is -2.09. The van der Waals surface area contributed by atoms with E-state index in [0.29, 0.717) is 5.92 Å². The van der Waals surface area contributed by atoms with Crippen LogP contribution in [-0.2, 0) is 0 Å². The molecule has 0 saturated heterocycles. The summed E-state index contributed by atoms with van der Waals surface area (Å²) in [4.78, 5) is 0. The number of nitrogens with zero attached hydrogens (tertiary/aromatic N) is 4. The molecule has 0 aliphatic heterocycles. The van der Waals surface area contributed by atoms with Gasteiger partial charge in [-0.25, -0.2) is 0 Å². The van der Waals surface area contributed by atoms with E-state index in [0.717, 1.165) is 16.0 Å². The van der Waals surface area contributed by atoms with E-state index >= 15 is 0 Å². The van der Waals surface area contributed by atoms with Crippen LogP contribution in [0.25, 0.3) is 5.69 Å². The molecule has 1 heterocycles. The van der Waals surface area contributed by atoms with Gasteiger partial charge in [0, 0.05) is 10.4 Å². The SMILES string of the molecule is Cc1cc(C)c(-n2nnnc2C2CCCC2)c(Br)c1. The van der Waals surface area contributed by atoms with Crippen molar-refractivity contribution in [3.8, 4) is 5.69 Å². The van der Waals surface area contributed by atoms with Gasteiger partial charge < -0.3 is 0 Å². The first kappa shape index (κ1) is 12.8. The standard InChI is InChI=1S/C14H17BrN4/c1-9-7-10(2)13(12(15)8-9)19-14(16-17-18-19)11-5-3-4-6-11/h7-8,11H,3-6H2,1-2H3.